The molecule has 2 aromatic heterocycles. The highest BCUT2D eigenvalue weighted by Gasteiger charge is 2.20. The molecule has 0 aliphatic carbocycles. The van der Waals surface area contributed by atoms with Crippen LogP contribution in [0.15, 0.2) is 121 Å². The van der Waals surface area contributed by atoms with Gasteiger partial charge in [0.2, 0.25) is 0 Å². The van der Waals surface area contributed by atoms with Crippen molar-refractivity contribution in [3.63, 3.8) is 0 Å². The van der Waals surface area contributed by atoms with Crippen molar-refractivity contribution in [2.75, 3.05) is 0 Å². The summed E-state index contributed by atoms with van der Waals surface area (Å²) in [5.41, 5.74) is 5.23. The summed E-state index contributed by atoms with van der Waals surface area (Å²) in [6, 6.07) is 42.4. The molecule has 36 heavy (non-hydrogen) atoms. The van der Waals surface area contributed by atoms with E-state index in [1.165, 1.54) is 74.1 Å². The number of benzene rings is 6. The molecule has 6 aromatic carbocycles. The molecule has 2 heteroatoms. The molecule has 0 amide bonds. The van der Waals surface area contributed by atoms with Crippen LogP contribution in [0, 0.1) is 0 Å². The van der Waals surface area contributed by atoms with Crippen molar-refractivity contribution in [1.82, 2.24) is 0 Å². The Morgan fingerprint density at radius 2 is 1.11 bits per heavy atom. The zero-order valence-electron chi connectivity index (χ0n) is 19.4. The van der Waals surface area contributed by atoms with Crippen LogP contribution < -0.4 is 0 Å². The van der Waals surface area contributed by atoms with E-state index >= 15 is 0 Å². The van der Waals surface area contributed by atoms with Crippen LogP contribution >= 0.6 is 22.7 Å². The lowest BCUT2D eigenvalue weighted by Crippen LogP contribution is -1.91. The van der Waals surface area contributed by atoms with Gasteiger partial charge in [-0.3, -0.25) is 0 Å². The van der Waals surface area contributed by atoms with Crippen molar-refractivity contribution in [1.29, 1.82) is 0 Å². The zero-order valence-corrected chi connectivity index (χ0v) is 21.0. The molecule has 0 saturated carbocycles. The first-order valence-corrected chi connectivity index (χ1v) is 13.9. The molecule has 0 spiro atoms. The molecule has 0 bridgehead atoms. The van der Waals surface area contributed by atoms with Crippen molar-refractivity contribution in [3.05, 3.63) is 121 Å². The molecule has 0 nitrogen and oxygen atoms in total. The minimum Gasteiger partial charge on any atom is -0.142 e. The first kappa shape index (κ1) is 20.2. The van der Waals surface area contributed by atoms with E-state index in [9.17, 15) is 0 Å². The largest absolute Gasteiger partial charge is 0.142 e. The van der Waals surface area contributed by atoms with Gasteiger partial charge < -0.3 is 0 Å². The second-order valence-electron chi connectivity index (χ2n) is 9.27. The lowest BCUT2D eigenvalue weighted by molar-refractivity contribution is 1.67. The lowest BCUT2D eigenvalue weighted by Gasteiger charge is -2.18. The van der Waals surface area contributed by atoms with E-state index in [1.54, 1.807) is 0 Å². The van der Waals surface area contributed by atoms with Crippen LogP contribution in [0.25, 0.3) is 74.1 Å². The van der Waals surface area contributed by atoms with E-state index < -0.39 is 0 Å². The van der Waals surface area contributed by atoms with Gasteiger partial charge in [-0.25, -0.2) is 0 Å². The van der Waals surface area contributed by atoms with Gasteiger partial charge in [-0.05, 0) is 66.7 Å². The maximum Gasteiger partial charge on any atom is 0.0533 e. The zero-order chi connectivity index (χ0) is 23.6. The van der Waals surface area contributed by atoms with Gasteiger partial charge in [0, 0.05) is 15.5 Å². The summed E-state index contributed by atoms with van der Waals surface area (Å²) in [5, 5.41) is 11.5. The summed E-state index contributed by atoms with van der Waals surface area (Å²) in [4.78, 5) is 0. The van der Waals surface area contributed by atoms with Crippen molar-refractivity contribution in [3.8, 4) is 22.3 Å². The lowest BCUT2D eigenvalue weighted by atomic mass is 9.85. The van der Waals surface area contributed by atoms with Crippen LogP contribution in [0.2, 0.25) is 0 Å². The van der Waals surface area contributed by atoms with Crippen LogP contribution in [0.5, 0.6) is 0 Å². The number of rotatable bonds is 2. The molecule has 0 aliphatic rings. The molecule has 2 heterocycles. The third kappa shape index (κ3) is 2.80. The van der Waals surface area contributed by atoms with E-state index in [1.807, 2.05) is 22.7 Å². The minimum absolute atomic E-state index is 1.26. The molecule has 8 aromatic rings. The van der Waals surface area contributed by atoms with Crippen molar-refractivity contribution < 1.29 is 0 Å². The number of thiophene rings is 2. The fourth-order valence-electron chi connectivity index (χ4n) is 5.85. The first-order valence-electron chi connectivity index (χ1n) is 12.2. The summed E-state index contributed by atoms with van der Waals surface area (Å²) in [5.74, 6) is 0. The second kappa shape index (κ2) is 7.76. The minimum atomic E-state index is 1.26. The van der Waals surface area contributed by atoms with E-state index in [4.69, 9.17) is 0 Å². The van der Waals surface area contributed by atoms with Gasteiger partial charge in [-0.15, -0.1) is 22.7 Å². The molecule has 0 fully saturated rings. The Bertz CT molecular complexity index is 2030. The highest BCUT2D eigenvalue weighted by Crippen LogP contribution is 2.49. The standard InChI is InChI=1S/C34H20S2/c1-2-9-21(10-3-1)30-23-11-4-6-13-25(23)31(26-14-7-5-12-24(26)30)27-15-8-16-29-32(27)28-18-17-22-19-20-35-33(22)34(28)36-29/h1-20H. The molecule has 168 valence electrons. The van der Waals surface area contributed by atoms with Crippen molar-refractivity contribution >= 4 is 74.5 Å². The van der Waals surface area contributed by atoms with Crippen LogP contribution in [0.3, 0.4) is 0 Å². The Labute approximate surface area is 216 Å². The molecule has 0 unspecified atom stereocenters. The Balaban J connectivity index is 1.58. The van der Waals surface area contributed by atoms with E-state index in [-0.39, 0.29) is 0 Å². The average Bonchev–Trinajstić information content (AvgIpc) is 3.57. The second-order valence-corrected chi connectivity index (χ2v) is 11.2. The van der Waals surface area contributed by atoms with Crippen LogP contribution in [-0.2, 0) is 0 Å². The summed E-state index contributed by atoms with van der Waals surface area (Å²) >= 11 is 3.77. The summed E-state index contributed by atoms with van der Waals surface area (Å²) in [6.45, 7) is 0. The number of fused-ring (bicyclic) bond motifs is 7. The first-order chi connectivity index (χ1) is 17.9. The Morgan fingerprint density at radius 1 is 0.444 bits per heavy atom. The van der Waals surface area contributed by atoms with Crippen molar-refractivity contribution in [2.45, 2.75) is 0 Å². The monoisotopic (exact) mass is 492 g/mol. The number of hydrogen-bond acceptors (Lipinski definition) is 2. The highest BCUT2D eigenvalue weighted by atomic mass is 32.1. The summed E-state index contributed by atoms with van der Waals surface area (Å²) in [7, 11) is 0. The van der Waals surface area contributed by atoms with E-state index in [2.05, 4.69) is 121 Å². The quantitative estimate of drug-likeness (QED) is 0.211. The molecule has 0 radical (unpaired) electrons. The fourth-order valence-corrected chi connectivity index (χ4v) is 8.14. The third-order valence-corrected chi connectivity index (χ3v) is 9.61. The molecule has 0 N–H and O–H groups in total. The molecule has 8 rings (SSSR count). The fraction of sp³-hybridized carbons (Fsp3) is 0. The predicted molar refractivity (Wildman–Crippen MR) is 161 cm³/mol. The highest BCUT2D eigenvalue weighted by molar-refractivity contribution is 7.30. The summed E-state index contributed by atoms with van der Waals surface area (Å²) in [6.07, 6.45) is 0. The van der Waals surface area contributed by atoms with Gasteiger partial charge in [-0.1, -0.05) is 103 Å². The molecule has 0 aliphatic heterocycles. The van der Waals surface area contributed by atoms with E-state index in [0.29, 0.717) is 0 Å². The maximum absolute atomic E-state index is 2.33. The van der Waals surface area contributed by atoms with Crippen LogP contribution in [-0.4, -0.2) is 0 Å². The molecule has 0 saturated heterocycles. The predicted octanol–water partition coefficient (Wildman–Crippen LogP) is 10.9. The maximum atomic E-state index is 2.33. The molecular weight excluding hydrogens is 473 g/mol. The average molecular weight is 493 g/mol. The van der Waals surface area contributed by atoms with Crippen LogP contribution in [0.1, 0.15) is 0 Å². The Hall–Kier alpha value is -3.98. The topological polar surface area (TPSA) is 0 Å². The summed E-state index contributed by atoms with van der Waals surface area (Å²) < 4.78 is 4.15. The van der Waals surface area contributed by atoms with Crippen LogP contribution in [0.4, 0.5) is 0 Å². The molecule has 0 atom stereocenters. The van der Waals surface area contributed by atoms with Crippen molar-refractivity contribution in [2.24, 2.45) is 0 Å². The van der Waals surface area contributed by atoms with E-state index in [0.717, 1.165) is 0 Å². The molecular formula is C34H20S2. The van der Waals surface area contributed by atoms with Gasteiger partial charge in [0.05, 0.1) is 9.40 Å². The SMILES string of the molecule is c1ccc(-c2c3ccccc3c(-c3cccc4sc5c(ccc6ccsc65)c34)c3ccccc23)cc1. The smallest absolute Gasteiger partial charge is 0.0533 e. The van der Waals surface area contributed by atoms with Gasteiger partial charge in [0.15, 0.2) is 0 Å². The third-order valence-electron chi connectivity index (χ3n) is 7.35. The van der Waals surface area contributed by atoms with Gasteiger partial charge >= 0.3 is 0 Å². The Morgan fingerprint density at radius 3 is 1.83 bits per heavy atom. The van der Waals surface area contributed by atoms with Gasteiger partial charge in [0.25, 0.3) is 0 Å². The normalized spacial score (nSPS) is 11.9. The van der Waals surface area contributed by atoms with Gasteiger partial charge in [0.1, 0.15) is 0 Å². The van der Waals surface area contributed by atoms with Gasteiger partial charge in [-0.2, -0.15) is 0 Å². The number of hydrogen-bond donors (Lipinski definition) is 0. The Kier molecular flexibility index (Phi) is 4.36.